The molecule has 0 aliphatic carbocycles. The van der Waals surface area contributed by atoms with Crippen LogP contribution in [0.3, 0.4) is 0 Å². The van der Waals surface area contributed by atoms with Gasteiger partial charge in [0.1, 0.15) is 6.04 Å². The van der Waals surface area contributed by atoms with E-state index in [9.17, 15) is 9.59 Å². The highest BCUT2D eigenvalue weighted by atomic mass is 16.2. The van der Waals surface area contributed by atoms with Gasteiger partial charge in [-0.1, -0.05) is 30.3 Å². The van der Waals surface area contributed by atoms with Crippen molar-refractivity contribution in [2.24, 2.45) is 11.5 Å². The molecule has 0 saturated carbocycles. The van der Waals surface area contributed by atoms with E-state index in [1.165, 1.54) is 0 Å². The molecule has 0 aliphatic heterocycles. The van der Waals surface area contributed by atoms with E-state index in [4.69, 9.17) is 11.5 Å². The maximum Gasteiger partial charge on any atom is 0.240 e. The fraction of sp³-hybridized carbons (Fsp3) is 0.235. The average Bonchev–Trinajstić information content (AvgIpc) is 2.56. The highest BCUT2D eigenvalue weighted by molar-refractivity contribution is 5.89. The molecule has 0 aliphatic rings. The van der Waals surface area contributed by atoms with E-state index in [0.29, 0.717) is 12.8 Å². The molecule has 5 N–H and O–H groups in total. The maximum absolute atomic E-state index is 12.2. The Bertz CT molecular complexity index is 646. The first kappa shape index (κ1) is 16.6. The molecule has 0 fully saturated rings. The Labute approximate surface area is 134 Å². The molecule has 1 aromatic carbocycles. The van der Waals surface area contributed by atoms with Crippen molar-refractivity contribution >= 4 is 11.8 Å². The Hall–Kier alpha value is -2.73. The van der Waals surface area contributed by atoms with Crippen LogP contribution >= 0.6 is 0 Å². The molecular formula is C17H20N4O2. The normalized spacial score (nSPS) is 13.1. The minimum atomic E-state index is -0.784. The zero-order chi connectivity index (χ0) is 16.7. The highest BCUT2D eigenvalue weighted by Crippen LogP contribution is 2.05. The number of nitrogens with zero attached hydrogens (tertiary/aromatic N) is 1. The fourth-order valence-electron chi connectivity index (χ4n) is 2.22. The number of carbonyl (C=O) groups excluding carboxylic acids is 2. The molecule has 1 heterocycles. The molecule has 0 radical (unpaired) electrons. The summed E-state index contributed by atoms with van der Waals surface area (Å²) in [6.45, 7) is 0. The number of benzene rings is 1. The van der Waals surface area contributed by atoms with Crippen molar-refractivity contribution in [1.29, 1.82) is 0 Å². The molecule has 6 nitrogen and oxygen atoms in total. The van der Waals surface area contributed by atoms with Crippen LogP contribution < -0.4 is 16.8 Å². The van der Waals surface area contributed by atoms with Gasteiger partial charge in [0.15, 0.2) is 0 Å². The second-order valence-electron chi connectivity index (χ2n) is 5.32. The number of primary amides is 1. The number of pyridine rings is 1. The molecule has 2 aromatic rings. The van der Waals surface area contributed by atoms with E-state index in [1.807, 2.05) is 30.3 Å². The van der Waals surface area contributed by atoms with Gasteiger partial charge < -0.3 is 16.8 Å². The number of carbonyl (C=O) groups is 2. The zero-order valence-corrected chi connectivity index (χ0v) is 12.7. The summed E-state index contributed by atoms with van der Waals surface area (Å²) in [5.41, 5.74) is 13.1. The van der Waals surface area contributed by atoms with Crippen molar-refractivity contribution in [1.82, 2.24) is 10.3 Å². The quantitative estimate of drug-likeness (QED) is 0.676. The maximum atomic E-state index is 12.2. The number of nitrogens with one attached hydrogen (secondary N) is 1. The van der Waals surface area contributed by atoms with Crippen LogP contribution in [0.15, 0.2) is 54.9 Å². The SMILES string of the molecule is NC(=O)[C@H](Cc1ccccc1)NC(=O)[C@@H](N)Cc1ccncc1. The van der Waals surface area contributed by atoms with Crippen LogP contribution in [0.5, 0.6) is 0 Å². The van der Waals surface area contributed by atoms with Crippen LogP contribution in [0.2, 0.25) is 0 Å². The summed E-state index contributed by atoms with van der Waals surface area (Å²) >= 11 is 0. The van der Waals surface area contributed by atoms with Crippen LogP contribution in [0.4, 0.5) is 0 Å². The minimum Gasteiger partial charge on any atom is -0.368 e. The van der Waals surface area contributed by atoms with E-state index in [-0.39, 0.29) is 0 Å². The molecule has 2 atom stereocenters. The lowest BCUT2D eigenvalue weighted by Gasteiger charge is -2.18. The zero-order valence-electron chi connectivity index (χ0n) is 12.7. The third-order valence-electron chi connectivity index (χ3n) is 3.48. The second kappa shape index (κ2) is 8.05. The van der Waals surface area contributed by atoms with Gasteiger partial charge in [-0.2, -0.15) is 0 Å². The molecule has 23 heavy (non-hydrogen) atoms. The summed E-state index contributed by atoms with van der Waals surface area (Å²) in [5.74, 6) is -0.986. The number of hydrogen-bond acceptors (Lipinski definition) is 4. The number of aromatic nitrogens is 1. The van der Waals surface area contributed by atoms with Gasteiger partial charge in [0.2, 0.25) is 11.8 Å². The molecule has 120 valence electrons. The monoisotopic (exact) mass is 312 g/mol. The number of nitrogens with two attached hydrogens (primary N) is 2. The van der Waals surface area contributed by atoms with Gasteiger partial charge in [0.05, 0.1) is 6.04 Å². The largest absolute Gasteiger partial charge is 0.368 e. The Balaban J connectivity index is 1.96. The van der Waals surface area contributed by atoms with Crippen LogP contribution in [0.1, 0.15) is 11.1 Å². The molecule has 2 amide bonds. The first-order valence-corrected chi connectivity index (χ1v) is 7.34. The van der Waals surface area contributed by atoms with Crippen molar-refractivity contribution < 1.29 is 9.59 Å². The summed E-state index contributed by atoms with van der Waals surface area (Å²) in [6.07, 6.45) is 3.98. The third kappa shape index (κ3) is 5.19. The summed E-state index contributed by atoms with van der Waals surface area (Å²) in [5, 5.41) is 2.63. The highest BCUT2D eigenvalue weighted by Gasteiger charge is 2.22. The average molecular weight is 312 g/mol. The molecule has 0 bridgehead atoms. The van der Waals surface area contributed by atoms with E-state index in [0.717, 1.165) is 11.1 Å². The summed E-state index contributed by atoms with van der Waals surface area (Å²) < 4.78 is 0. The van der Waals surface area contributed by atoms with E-state index in [1.54, 1.807) is 24.5 Å². The van der Waals surface area contributed by atoms with E-state index < -0.39 is 23.9 Å². The lowest BCUT2D eigenvalue weighted by atomic mass is 10.0. The van der Waals surface area contributed by atoms with Gasteiger partial charge in [-0.05, 0) is 29.7 Å². The first-order valence-electron chi connectivity index (χ1n) is 7.34. The Morgan fingerprint density at radius 3 is 2.22 bits per heavy atom. The molecule has 2 rings (SSSR count). The Morgan fingerprint density at radius 2 is 1.61 bits per heavy atom. The van der Waals surface area contributed by atoms with Gasteiger partial charge in [-0.15, -0.1) is 0 Å². The number of rotatable bonds is 7. The van der Waals surface area contributed by atoms with Gasteiger partial charge >= 0.3 is 0 Å². The van der Waals surface area contributed by atoms with Crippen molar-refractivity contribution in [2.75, 3.05) is 0 Å². The van der Waals surface area contributed by atoms with Crippen molar-refractivity contribution in [3.63, 3.8) is 0 Å². The van der Waals surface area contributed by atoms with E-state index in [2.05, 4.69) is 10.3 Å². The summed E-state index contributed by atoms with van der Waals surface area (Å²) in [7, 11) is 0. The third-order valence-corrected chi connectivity index (χ3v) is 3.48. The van der Waals surface area contributed by atoms with Crippen LogP contribution in [0, 0.1) is 0 Å². The van der Waals surface area contributed by atoms with Crippen LogP contribution in [0.25, 0.3) is 0 Å². The predicted molar refractivity (Wildman–Crippen MR) is 87.2 cm³/mol. The van der Waals surface area contributed by atoms with Gasteiger partial charge in [-0.25, -0.2) is 0 Å². The number of amides is 2. The van der Waals surface area contributed by atoms with Gasteiger partial charge in [0, 0.05) is 18.8 Å². The van der Waals surface area contributed by atoms with Crippen molar-refractivity contribution in [2.45, 2.75) is 24.9 Å². The predicted octanol–water partition coefficient (Wildman–Crippen LogP) is 0.164. The molecule has 1 aromatic heterocycles. The molecule has 6 heteroatoms. The molecule has 0 unspecified atom stereocenters. The molecule has 0 spiro atoms. The smallest absolute Gasteiger partial charge is 0.240 e. The van der Waals surface area contributed by atoms with Crippen LogP contribution in [-0.2, 0) is 22.4 Å². The first-order chi connectivity index (χ1) is 11.1. The van der Waals surface area contributed by atoms with Crippen molar-refractivity contribution in [3.8, 4) is 0 Å². The molecule has 0 saturated heterocycles. The fourth-order valence-corrected chi connectivity index (χ4v) is 2.22. The second-order valence-corrected chi connectivity index (χ2v) is 5.32. The Morgan fingerprint density at radius 1 is 1.00 bits per heavy atom. The Kier molecular flexibility index (Phi) is 5.82. The molecular weight excluding hydrogens is 292 g/mol. The van der Waals surface area contributed by atoms with Gasteiger partial charge in [-0.3, -0.25) is 14.6 Å². The summed E-state index contributed by atoms with van der Waals surface area (Å²) in [4.78, 5) is 27.7. The standard InChI is InChI=1S/C17H20N4O2/c18-14(10-13-6-8-20-9-7-13)17(23)21-15(16(19)22)11-12-4-2-1-3-5-12/h1-9,14-15H,10-11,18H2,(H2,19,22)(H,21,23)/t14-,15-/m0/s1. The van der Waals surface area contributed by atoms with Crippen molar-refractivity contribution in [3.05, 3.63) is 66.0 Å². The summed E-state index contributed by atoms with van der Waals surface area (Å²) in [6, 6.07) is 11.4. The number of hydrogen-bond donors (Lipinski definition) is 3. The minimum absolute atomic E-state index is 0.337. The lowest BCUT2D eigenvalue weighted by molar-refractivity contribution is -0.128. The lowest BCUT2D eigenvalue weighted by Crippen LogP contribution is -2.51. The van der Waals surface area contributed by atoms with Crippen LogP contribution in [-0.4, -0.2) is 28.9 Å². The van der Waals surface area contributed by atoms with E-state index >= 15 is 0 Å². The van der Waals surface area contributed by atoms with Gasteiger partial charge in [0.25, 0.3) is 0 Å². The topological polar surface area (TPSA) is 111 Å².